The summed E-state index contributed by atoms with van der Waals surface area (Å²) >= 11 is 19.7. The van der Waals surface area contributed by atoms with Gasteiger partial charge in [-0.1, -0.05) is 70.8 Å². The van der Waals surface area contributed by atoms with Crippen LogP contribution in [0, 0.1) is 0 Å². The smallest absolute Gasteiger partial charge is 0.253 e. The molecule has 1 aromatic heterocycles. The van der Waals surface area contributed by atoms with Crippen LogP contribution in [0.5, 0.6) is 0 Å². The molecule has 0 radical (unpaired) electrons. The van der Waals surface area contributed by atoms with Gasteiger partial charge >= 0.3 is 0 Å². The lowest BCUT2D eigenvalue weighted by Crippen LogP contribution is -2.29. The predicted molar refractivity (Wildman–Crippen MR) is 124 cm³/mol. The maximum atomic E-state index is 12.6. The number of thioether (sulfide) groups is 1. The molecule has 0 fully saturated rings. The summed E-state index contributed by atoms with van der Waals surface area (Å²) in [5, 5.41) is 13.7. The van der Waals surface area contributed by atoms with Crippen LogP contribution < -0.4 is 5.32 Å². The number of halogens is 3. The Balaban J connectivity index is 1.75. The van der Waals surface area contributed by atoms with Crippen LogP contribution in [0.1, 0.15) is 34.7 Å². The molecule has 9 heteroatoms. The van der Waals surface area contributed by atoms with Crippen molar-refractivity contribution >= 4 is 52.5 Å². The van der Waals surface area contributed by atoms with Crippen molar-refractivity contribution in [2.75, 3.05) is 0 Å². The Morgan fingerprint density at radius 3 is 2.63 bits per heavy atom. The van der Waals surface area contributed by atoms with Crippen LogP contribution in [0.25, 0.3) is 0 Å². The van der Waals surface area contributed by atoms with Crippen molar-refractivity contribution in [1.29, 1.82) is 0 Å². The number of hydrogen-bond donors (Lipinski definition) is 1. The number of rotatable bonds is 8. The van der Waals surface area contributed by atoms with Gasteiger partial charge in [-0.05, 0) is 36.8 Å². The summed E-state index contributed by atoms with van der Waals surface area (Å²) in [6.07, 6.45) is 1.76. The Kier molecular flexibility index (Phi) is 7.83. The Bertz CT molecular complexity index is 1070. The zero-order valence-electron chi connectivity index (χ0n) is 16.1. The first kappa shape index (κ1) is 22.7. The van der Waals surface area contributed by atoms with Crippen LogP contribution in [0.3, 0.4) is 0 Å². The van der Waals surface area contributed by atoms with Crippen LogP contribution in [0.15, 0.2) is 60.3 Å². The highest BCUT2D eigenvalue weighted by Gasteiger charge is 2.20. The Labute approximate surface area is 194 Å². The number of allylic oxidation sites excluding steroid dienone is 1. The Morgan fingerprint density at radius 2 is 1.93 bits per heavy atom. The molecule has 1 N–H and O–H groups in total. The fourth-order valence-electron chi connectivity index (χ4n) is 2.79. The van der Waals surface area contributed by atoms with E-state index in [2.05, 4.69) is 22.1 Å². The zero-order valence-corrected chi connectivity index (χ0v) is 19.2. The minimum atomic E-state index is -0.374. The fourth-order valence-corrected chi connectivity index (χ4v) is 4.23. The lowest BCUT2D eigenvalue weighted by atomic mass is 10.2. The standard InChI is InChI=1S/C21H19Cl3N4OS/c1-3-10-28-19(13(2)25-20(29)15-6-4-5-7-16(15)22)26-27-21(28)30-12-14-8-9-17(23)18(24)11-14/h3-9,11,13H,1,10,12H2,2H3,(H,25,29)/t13-/m0/s1. The first-order valence-electron chi connectivity index (χ1n) is 9.06. The van der Waals surface area contributed by atoms with E-state index >= 15 is 0 Å². The summed E-state index contributed by atoms with van der Waals surface area (Å²) in [6, 6.07) is 12.0. The molecule has 1 heterocycles. The van der Waals surface area contributed by atoms with Crippen LogP contribution in [-0.2, 0) is 12.3 Å². The number of nitrogens with zero attached hydrogens (tertiary/aromatic N) is 3. The van der Waals surface area contributed by atoms with Crippen molar-refractivity contribution in [2.24, 2.45) is 0 Å². The average molecular weight is 482 g/mol. The minimum absolute atomic E-state index is 0.272. The number of carbonyl (C=O) groups is 1. The fraction of sp³-hybridized carbons (Fsp3) is 0.190. The first-order chi connectivity index (χ1) is 14.4. The molecule has 0 aliphatic heterocycles. The summed E-state index contributed by atoms with van der Waals surface area (Å²) in [5.41, 5.74) is 1.43. The number of hydrogen-bond acceptors (Lipinski definition) is 4. The van der Waals surface area contributed by atoms with Gasteiger partial charge in [0.15, 0.2) is 11.0 Å². The van der Waals surface area contributed by atoms with Crippen molar-refractivity contribution < 1.29 is 4.79 Å². The second-order valence-electron chi connectivity index (χ2n) is 6.45. The van der Waals surface area contributed by atoms with E-state index in [0.717, 1.165) is 10.7 Å². The molecular weight excluding hydrogens is 463 g/mol. The second kappa shape index (κ2) is 10.4. The molecule has 30 heavy (non-hydrogen) atoms. The number of amides is 1. The van der Waals surface area contributed by atoms with Gasteiger partial charge in [0.1, 0.15) is 0 Å². The monoisotopic (exact) mass is 480 g/mol. The van der Waals surface area contributed by atoms with E-state index in [-0.39, 0.29) is 11.9 Å². The van der Waals surface area contributed by atoms with Gasteiger partial charge < -0.3 is 9.88 Å². The third kappa shape index (κ3) is 5.38. The normalized spacial score (nSPS) is 11.9. The van der Waals surface area contributed by atoms with E-state index in [0.29, 0.717) is 38.8 Å². The van der Waals surface area contributed by atoms with Gasteiger partial charge in [0.05, 0.1) is 26.7 Å². The molecule has 1 atom stereocenters. The van der Waals surface area contributed by atoms with Gasteiger partial charge in [0.2, 0.25) is 0 Å². The molecule has 0 aliphatic carbocycles. The molecule has 0 bridgehead atoms. The topological polar surface area (TPSA) is 59.8 Å². The van der Waals surface area contributed by atoms with Crippen molar-refractivity contribution in [1.82, 2.24) is 20.1 Å². The van der Waals surface area contributed by atoms with Crippen molar-refractivity contribution in [2.45, 2.75) is 30.4 Å². The average Bonchev–Trinajstić information content (AvgIpc) is 3.12. The largest absolute Gasteiger partial charge is 0.342 e. The molecular formula is C21H19Cl3N4OS. The van der Waals surface area contributed by atoms with E-state index in [4.69, 9.17) is 34.8 Å². The van der Waals surface area contributed by atoms with Crippen molar-refractivity contribution in [3.05, 3.63) is 87.1 Å². The van der Waals surface area contributed by atoms with Crippen LogP contribution >= 0.6 is 46.6 Å². The van der Waals surface area contributed by atoms with Crippen molar-refractivity contribution in [3.63, 3.8) is 0 Å². The van der Waals surface area contributed by atoms with Gasteiger partial charge in [-0.25, -0.2) is 0 Å². The van der Waals surface area contributed by atoms with E-state index in [9.17, 15) is 4.79 Å². The van der Waals surface area contributed by atoms with Crippen LogP contribution in [0.4, 0.5) is 0 Å². The van der Waals surface area contributed by atoms with Gasteiger partial charge in [-0.15, -0.1) is 16.8 Å². The molecule has 2 aromatic carbocycles. The van der Waals surface area contributed by atoms with Gasteiger partial charge in [-0.3, -0.25) is 4.79 Å². The first-order valence-corrected chi connectivity index (χ1v) is 11.2. The van der Waals surface area contributed by atoms with Crippen LogP contribution in [-0.4, -0.2) is 20.7 Å². The van der Waals surface area contributed by atoms with E-state index in [1.807, 2.05) is 23.6 Å². The molecule has 0 saturated heterocycles. The van der Waals surface area contributed by atoms with E-state index in [1.54, 1.807) is 36.4 Å². The van der Waals surface area contributed by atoms with Gasteiger partial charge in [-0.2, -0.15) is 0 Å². The highest BCUT2D eigenvalue weighted by Crippen LogP contribution is 2.28. The van der Waals surface area contributed by atoms with Crippen LogP contribution in [0.2, 0.25) is 15.1 Å². The molecule has 5 nitrogen and oxygen atoms in total. The summed E-state index contributed by atoms with van der Waals surface area (Å²) in [5.74, 6) is 1.00. The summed E-state index contributed by atoms with van der Waals surface area (Å²) in [7, 11) is 0. The molecule has 0 saturated carbocycles. The number of benzene rings is 2. The second-order valence-corrected chi connectivity index (χ2v) is 8.62. The molecule has 0 unspecified atom stereocenters. The quantitative estimate of drug-likeness (QED) is 0.307. The Morgan fingerprint density at radius 1 is 1.17 bits per heavy atom. The molecule has 1 amide bonds. The lowest BCUT2D eigenvalue weighted by molar-refractivity contribution is 0.0937. The van der Waals surface area contributed by atoms with Gasteiger partial charge in [0.25, 0.3) is 5.91 Å². The number of carbonyl (C=O) groups excluding carboxylic acids is 1. The highest BCUT2D eigenvalue weighted by atomic mass is 35.5. The molecule has 0 spiro atoms. The molecule has 156 valence electrons. The molecule has 3 aromatic rings. The van der Waals surface area contributed by atoms with Gasteiger partial charge in [0, 0.05) is 12.3 Å². The van der Waals surface area contributed by atoms with Crippen molar-refractivity contribution in [3.8, 4) is 0 Å². The predicted octanol–water partition coefficient (Wildman–Crippen LogP) is 6.21. The summed E-state index contributed by atoms with van der Waals surface area (Å²) in [4.78, 5) is 12.6. The SMILES string of the molecule is C=CCn1c(SCc2ccc(Cl)c(Cl)c2)nnc1[C@H](C)NC(=O)c1ccccc1Cl. The maximum Gasteiger partial charge on any atom is 0.253 e. The summed E-state index contributed by atoms with van der Waals surface area (Å²) < 4.78 is 1.92. The molecule has 3 rings (SSSR count). The van der Waals surface area contributed by atoms with E-state index in [1.165, 1.54) is 11.8 Å². The maximum absolute atomic E-state index is 12.6. The third-order valence-electron chi connectivity index (χ3n) is 4.26. The number of aromatic nitrogens is 3. The number of nitrogens with one attached hydrogen (secondary N) is 1. The third-order valence-corrected chi connectivity index (χ3v) is 6.37. The zero-order chi connectivity index (χ0) is 21.7. The minimum Gasteiger partial charge on any atom is -0.342 e. The Hall–Kier alpha value is -1.99. The highest BCUT2D eigenvalue weighted by molar-refractivity contribution is 7.98. The summed E-state index contributed by atoms with van der Waals surface area (Å²) in [6.45, 7) is 6.18. The molecule has 0 aliphatic rings. The van der Waals surface area contributed by atoms with E-state index < -0.39 is 0 Å². The lowest BCUT2D eigenvalue weighted by Gasteiger charge is -2.15.